The van der Waals surface area contributed by atoms with Gasteiger partial charge in [-0.3, -0.25) is 9.69 Å². The summed E-state index contributed by atoms with van der Waals surface area (Å²) in [6.45, 7) is 10.6. The Bertz CT molecular complexity index is 1350. The van der Waals surface area contributed by atoms with Crippen LogP contribution in [0.4, 0.5) is 15.4 Å². The van der Waals surface area contributed by atoms with Gasteiger partial charge in [-0.1, -0.05) is 54.6 Å². The van der Waals surface area contributed by atoms with Gasteiger partial charge in [0.1, 0.15) is 22.9 Å². The number of aromatic nitrogens is 1. The largest absolute Gasteiger partial charge is 0.443 e. The van der Waals surface area contributed by atoms with Crippen molar-refractivity contribution in [1.82, 2.24) is 4.98 Å². The van der Waals surface area contributed by atoms with Crippen LogP contribution in [0.1, 0.15) is 68.6 Å². The number of ketones is 1. The predicted molar refractivity (Wildman–Crippen MR) is 150 cm³/mol. The minimum absolute atomic E-state index is 0.00795. The number of benzene rings is 2. The highest BCUT2D eigenvalue weighted by molar-refractivity contribution is 6.09. The van der Waals surface area contributed by atoms with Crippen molar-refractivity contribution in [2.45, 2.75) is 59.3 Å². The molecule has 2 aromatic carbocycles. The summed E-state index contributed by atoms with van der Waals surface area (Å²) < 4.78 is 10.8. The van der Waals surface area contributed by atoms with Crippen LogP contribution in [0.3, 0.4) is 0 Å². The second kappa shape index (κ2) is 11.9. The fourth-order valence-electron chi connectivity index (χ4n) is 3.43. The molecular formula is C30H34N4O5. The number of nitrogens with zero attached hydrogens (tertiary/aromatic N) is 3. The number of carbonyl (C=O) groups is 3. The maximum Gasteiger partial charge on any atom is 0.436 e. The van der Waals surface area contributed by atoms with E-state index in [0.29, 0.717) is 16.7 Å². The number of pyridine rings is 1. The number of anilines is 1. The maximum absolute atomic E-state index is 13.2. The van der Waals surface area contributed by atoms with E-state index in [-0.39, 0.29) is 24.0 Å². The van der Waals surface area contributed by atoms with E-state index < -0.39 is 23.4 Å². The first-order valence-corrected chi connectivity index (χ1v) is 12.4. The van der Waals surface area contributed by atoms with Crippen LogP contribution in [0.15, 0.2) is 77.9 Å². The molecule has 9 nitrogen and oxygen atoms in total. The summed E-state index contributed by atoms with van der Waals surface area (Å²) >= 11 is 0. The molecule has 2 N–H and O–H groups in total. The Morgan fingerprint density at radius 2 is 1.44 bits per heavy atom. The molecule has 0 aliphatic heterocycles. The Morgan fingerprint density at radius 1 is 0.821 bits per heavy atom. The lowest BCUT2D eigenvalue weighted by Crippen LogP contribution is -2.37. The first kappa shape index (κ1) is 29.0. The number of amidine groups is 1. The lowest BCUT2D eigenvalue weighted by Gasteiger charge is -2.27. The summed E-state index contributed by atoms with van der Waals surface area (Å²) in [5.41, 5.74) is 6.72. The van der Waals surface area contributed by atoms with Crippen LogP contribution < -0.4 is 10.6 Å². The van der Waals surface area contributed by atoms with Gasteiger partial charge in [0.05, 0.1) is 6.54 Å². The van der Waals surface area contributed by atoms with Gasteiger partial charge in [-0.25, -0.2) is 14.6 Å². The van der Waals surface area contributed by atoms with Gasteiger partial charge in [-0.2, -0.15) is 4.99 Å². The zero-order chi connectivity index (χ0) is 28.8. The molecular weight excluding hydrogens is 496 g/mol. The Morgan fingerprint density at radius 3 is 2.03 bits per heavy atom. The smallest absolute Gasteiger partial charge is 0.436 e. The van der Waals surface area contributed by atoms with Gasteiger partial charge in [-0.15, -0.1) is 0 Å². The summed E-state index contributed by atoms with van der Waals surface area (Å²) in [5.74, 6) is 0.0854. The number of nitrogens with two attached hydrogens (primary N) is 1. The third-order valence-corrected chi connectivity index (χ3v) is 5.13. The van der Waals surface area contributed by atoms with E-state index in [0.717, 1.165) is 5.56 Å². The molecule has 0 aliphatic carbocycles. The number of ether oxygens (including phenoxy) is 2. The van der Waals surface area contributed by atoms with E-state index >= 15 is 0 Å². The average Bonchev–Trinajstić information content (AvgIpc) is 2.85. The van der Waals surface area contributed by atoms with Gasteiger partial charge in [0, 0.05) is 22.9 Å². The molecule has 39 heavy (non-hydrogen) atoms. The van der Waals surface area contributed by atoms with Crippen molar-refractivity contribution in [3.8, 4) is 0 Å². The van der Waals surface area contributed by atoms with Crippen LogP contribution >= 0.6 is 0 Å². The van der Waals surface area contributed by atoms with E-state index in [4.69, 9.17) is 15.2 Å². The Kier molecular flexibility index (Phi) is 8.85. The molecule has 0 aliphatic rings. The highest BCUT2D eigenvalue weighted by atomic mass is 16.6. The number of hydrogen-bond donors (Lipinski definition) is 1. The Hall–Kier alpha value is -4.53. The van der Waals surface area contributed by atoms with Crippen molar-refractivity contribution in [2.75, 3.05) is 4.90 Å². The van der Waals surface area contributed by atoms with Crippen LogP contribution in [0.25, 0.3) is 0 Å². The SMILES string of the molecule is CC(C)(C)OC(=O)/N=C(\N)c1ccc(CN(C(=O)OC(C)(C)C)c2cc(C(=O)c3ccccc3)ccn2)cc1. The highest BCUT2D eigenvalue weighted by Crippen LogP contribution is 2.22. The Balaban J connectivity index is 1.88. The Labute approximate surface area is 228 Å². The third-order valence-electron chi connectivity index (χ3n) is 5.13. The second-order valence-electron chi connectivity index (χ2n) is 10.8. The lowest BCUT2D eigenvalue weighted by molar-refractivity contribution is 0.0572. The molecule has 0 unspecified atom stereocenters. The normalized spacial score (nSPS) is 12.0. The zero-order valence-corrected chi connectivity index (χ0v) is 23.1. The molecule has 9 heteroatoms. The fourth-order valence-corrected chi connectivity index (χ4v) is 3.43. The van der Waals surface area contributed by atoms with Crippen LogP contribution in [0.2, 0.25) is 0 Å². The van der Waals surface area contributed by atoms with E-state index in [1.165, 1.54) is 11.1 Å². The summed E-state index contributed by atoms with van der Waals surface area (Å²) in [5, 5.41) is 0. The third kappa shape index (κ3) is 8.77. The molecule has 0 radical (unpaired) electrons. The van der Waals surface area contributed by atoms with Gasteiger partial charge < -0.3 is 15.2 Å². The van der Waals surface area contributed by atoms with Gasteiger partial charge in [-0.05, 0) is 59.2 Å². The topological polar surface area (TPSA) is 124 Å². The molecule has 0 bridgehead atoms. The van der Waals surface area contributed by atoms with E-state index in [9.17, 15) is 14.4 Å². The molecule has 0 fully saturated rings. The van der Waals surface area contributed by atoms with Crippen LogP contribution in [0.5, 0.6) is 0 Å². The molecule has 0 saturated heterocycles. The summed E-state index contributed by atoms with van der Waals surface area (Å²) in [4.78, 5) is 47.7. The van der Waals surface area contributed by atoms with Crippen LogP contribution in [-0.2, 0) is 16.0 Å². The van der Waals surface area contributed by atoms with E-state index in [1.54, 1.807) is 102 Å². The van der Waals surface area contributed by atoms with Crippen molar-refractivity contribution >= 4 is 29.6 Å². The van der Waals surface area contributed by atoms with Crippen molar-refractivity contribution in [3.63, 3.8) is 0 Å². The number of aliphatic imine (C=N–C) groups is 1. The quantitative estimate of drug-likeness (QED) is 0.239. The molecule has 1 aromatic heterocycles. The van der Waals surface area contributed by atoms with Gasteiger partial charge in [0.2, 0.25) is 0 Å². The first-order chi connectivity index (χ1) is 18.2. The molecule has 1 heterocycles. The molecule has 3 aromatic rings. The summed E-state index contributed by atoms with van der Waals surface area (Å²) in [6.07, 6.45) is 0.0883. The standard InChI is InChI=1S/C30H34N4O5/c1-29(2,3)38-27(36)33-26(31)22-14-12-20(13-15-22)19-34(28(37)39-30(4,5)6)24-18-23(16-17-32-24)25(35)21-10-8-7-9-11-21/h7-18H,19H2,1-6H3,(H2,31,33,36). The summed E-state index contributed by atoms with van der Waals surface area (Å²) in [6, 6.07) is 18.9. The monoisotopic (exact) mass is 530 g/mol. The van der Waals surface area contributed by atoms with Gasteiger partial charge >= 0.3 is 12.2 Å². The molecule has 0 atom stereocenters. The molecule has 0 saturated carbocycles. The molecule has 2 amide bonds. The number of amides is 2. The van der Waals surface area contributed by atoms with E-state index in [2.05, 4.69) is 9.98 Å². The van der Waals surface area contributed by atoms with E-state index in [1.807, 2.05) is 6.07 Å². The van der Waals surface area contributed by atoms with Crippen LogP contribution in [0, 0.1) is 0 Å². The fraction of sp³-hybridized carbons (Fsp3) is 0.300. The van der Waals surface area contributed by atoms with Crippen LogP contribution in [-0.4, -0.2) is 40.0 Å². The minimum Gasteiger partial charge on any atom is -0.443 e. The highest BCUT2D eigenvalue weighted by Gasteiger charge is 2.25. The lowest BCUT2D eigenvalue weighted by atomic mass is 10.0. The average molecular weight is 531 g/mol. The number of carbonyl (C=O) groups excluding carboxylic acids is 3. The van der Waals surface area contributed by atoms with Gasteiger partial charge in [0.25, 0.3) is 0 Å². The van der Waals surface area contributed by atoms with Crippen molar-refractivity contribution in [2.24, 2.45) is 10.7 Å². The predicted octanol–water partition coefficient (Wildman–Crippen LogP) is 5.89. The molecule has 3 rings (SSSR count). The number of rotatable bonds is 6. The zero-order valence-electron chi connectivity index (χ0n) is 23.1. The number of hydrogen-bond acceptors (Lipinski definition) is 6. The minimum atomic E-state index is -0.781. The second-order valence-corrected chi connectivity index (χ2v) is 10.8. The van der Waals surface area contributed by atoms with Crippen molar-refractivity contribution < 1.29 is 23.9 Å². The van der Waals surface area contributed by atoms with Crippen molar-refractivity contribution in [1.29, 1.82) is 0 Å². The molecule has 204 valence electrons. The molecule has 0 spiro atoms. The summed E-state index contributed by atoms with van der Waals surface area (Å²) in [7, 11) is 0. The van der Waals surface area contributed by atoms with Gasteiger partial charge in [0.15, 0.2) is 5.78 Å². The van der Waals surface area contributed by atoms with Crippen molar-refractivity contribution in [3.05, 3.63) is 95.2 Å². The first-order valence-electron chi connectivity index (χ1n) is 12.4. The maximum atomic E-state index is 13.2.